The van der Waals surface area contributed by atoms with Gasteiger partial charge in [0.05, 0.1) is 0 Å². The Hall–Kier alpha value is -1.76. The number of para-hydroxylation sites is 1. The van der Waals surface area contributed by atoms with Crippen LogP contribution in [-0.2, 0) is 6.42 Å². The van der Waals surface area contributed by atoms with E-state index in [1.54, 1.807) is 0 Å². The van der Waals surface area contributed by atoms with E-state index in [1.807, 2.05) is 0 Å². The second kappa shape index (κ2) is 5.05. The second-order valence-corrected chi connectivity index (χ2v) is 4.63. The molecular weight excluding hydrogens is 206 g/mol. The van der Waals surface area contributed by atoms with E-state index in [4.69, 9.17) is 0 Å². The quantitative estimate of drug-likeness (QED) is 0.770. The van der Waals surface area contributed by atoms with Crippen molar-refractivity contribution >= 4 is 5.69 Å². The van der Waals surface area contributed by atoms with Gasteiger partial charge in [0.2, 0.25) is 0 Å². The Kier molecular flexibility index (Phi) is 3.48. The Morgan fingerprint density at radius 1 is 0.824 bits per heavy atom. The van der Waals surface area contributed by atoms with Crippen molar-refractivity contribution in [3.05, 3.63) is 65.2 Å². The van der Waals surface area contributed by atoms with Gasteiger partial charge >= 0.3 is 0 Å². The summed E-state index contributed by atoms with van der Waals surface area (Å²) in [6.07, 6.45) is 1.00. The number of nitrogens with zero attached hydrogens (tertiary/aromatic N) is 1. The molecule has 0 spiro atoms. The van der Waals surface area contributed by atoms with Crippen molar-refractivity contribution in [2.45, 2.75) is 13.3 Å². The highest BCUT2D eigenvalue weighted by atomic mass is 15.1. The molecule has 0 unspecified atom stereocenters. The van der Waals surface area contributed by atoms with E-state index in [2.05, 4.69) is 74.4 Å². The highest BCUT2D eigenvalue weighted by molar-refractivity contribution is 5.54. The van der Waals surface area contributed by atoms with Crippen molar-refractivity contribution in [2.75, 3.05) is 19.0 Å². The molecule has 1 heteroatoms. The highest BCUT2D eigenvalue weighted by Crippen LogP contribution is 2.22. The fraction of sp³-hybridized carbons (Fsp3) is 0.250. The number of anilines is 1. The lowest BCUT2D eigenvalue weighted by Gasteiger charge is -2.17. The molecule has 2 rings (SSSR count). The molecule has 0 aliphatic heterocycles. The lowest BCUT2D eigenvalue weighted by molar-refractivity contribution is 1.07. The van der Waals surface area contributed by atoms with E-state index in [-0.39, 0.29) is 0 Å². The lowest BCUT2D eigenvalue weighted by atomic mass is 9.99. The summed E-state index contributed by atoms with van der Waals surface area (Å²) in [6.45, 7) is 2.17. The van der Waals surface area contributed by atoms with E-state index in [1.165, 1.54) is 22.4 Å². The molecule has 0 saturated carbocycles. The summed E-state index contributed by atoms with van der Waals surface area (Å²) in [6, 6.07) is 17.2. The third kappa shape index (κ3) is 2.68. The Labute approximate surface area is 104 Å². The summed E-state index contributed by atoms with van der Waals surface area (Å²) in [5, 5.41) is 0. The Morgan fingerprint density at radius 3 is 2.06 bits per heavy atom. The first-order chi connectivity index (χ1) is 8.18. The predicted molar refractivity (Wildman–Crippen MR) is 74.8 cm³/mol. The third-order valence-electron chi connectivity index (χ3n) is 3.12. The van der Waals surface area contributed by atoms with E-state index in [0.717, 1.165) is 6.42 Å². The summed E-state index contributed by atoms with van der Waals surface area (Å²) < 4.78 is 0. The summed E-state index contributed by atoms with van der Waals surface area (Å²) in [7, 11) is 4.19. The van der Waals surface area contributed by atoms with Crippen molar-refractivity contribution in [3.8, 4) is 0 Å². The van der Waals surface area contributed by atoms with E-state index in [0.29, 0.717) is 0 Å². The first-order valence-electron chi connectivity index (χ1n) is 5.98. The average molecular weight is 225 g/mol. The molecule has 0 radical (unpaired) electrons. The molecule has 0 aliphatic rings. The first kappa shape index (κ1) is 11.7. The largest absolute Gasteiger partial charge is 0.377 e. The monoisotopic (exact) mass is 225 g/mol. The maximum absolute atomic E-state index is 2.21. The smallest absolute Gasteiger partial charge is 0.0396 e. The summed E-state index contributed by atoms with van der Waals surface area (Å²) in [5.41, 5.74) is 5.45. The summed E-state index contributed by atoms with van der Waals surface area (Å²) in [4.78, 5) is 2.17. The first-order valence-corrected chi connectivity index (χ1v) is 5.98. The number of rotatable bonds is 3. The fourth-order valence-corrected chi connectivity index (χ4v) is 2.11. The number of hydrogen-bond donors (Lipinski definition) is 0. The zero-order valence-corrected chi connectivity index (χ0v) is 10.8. The Bertz CT molecular complexity index is 500. The molecule has 0 N–H and O–H groups in total. The molecule has 0 fully saturated rings. The van der Waals surface area contributed by atoms with Gasteiger partial charge in [-0.3, -0.25) is 0 Å². The van der Waals surface area contributed by atoms with Crippen LogP contribution in [-0.4, -0.2) is 14.1 Å². The van der Waals surface area contributed by atoms with Crippen LogP contribution in [0.5, 0.6) is 0 Å². The van der Waals surface area contributed by atoms with Crippen LogP contribution >= 0.6 is 0 Å². The van der Waals surface area contributed by atoms with Gasteiger partial charge in [0, 0.05) is 19.8 Å². The topological polar surface area (TPSA) is 3.24 Å². The molecule has 17 heavy (non-hydrogen) atoms. The van der Waals surface area contributed by atoms with Crippen LogP contribution in [0.15, 0.2) is 48.5 Å². The number of hydrogen-bond acceptors (Lipinski definition) is 1. The van der Waals surface area contributed by atoms with Crippen LogP contribution in [0.25, 0.3) is 0 Å². The SMILES string of the molecule is Cc1ccccc1Cc1ccccc1N(C)C. The fourth-order valence-electron chi connectivity index (χ4n) is 2.11. The van der Waals surface area contributed by atoms with E-state index in [9.17, 15) is 0 Å². The van der Waals surface area contributed by atoms with Crippen LogP contribution in [0.2, 0.25) is 0 Å². The summed E-state index contributed by atoms with van der Waals surface area (Å²) >= 11 is 0. The minimum atomic E-state index is 1.00. The van der Waals surface area contributed by atoms with Gasteiger partial charge in [0.25, 0.3) is 0 Å². The minimum Gasteiger partial charge on any atom is -0.377 e. The van der Waals surface area contributed by atoms with Crippen molar-refractivity contribution in [1.82, 2.24) is 0 Å². The summed E-state index contributed by atoms with van der Waals surface area (Å²) in [5.74, 6) is 0. The zero-order chi connectivity index (χ0) is 12.3. The van der Waals surface area contributed by atoms with Crippen LogP contribution in [0.1, 0.15) is 16.7 Å². The maximum Gasteiger partial charge on any atom is 0.0396 e. The van der Waals surface area contributed by atoms with Gasteiger partial charge in [-0.1, -0.05) is 42.5 Å². The third-order valence-corrected chi connectivity index (χ3v) is 3.12. The molecule has 1 nitrogen and oxygen atoms in total. The normalized spacial score (nSPS) is 10.3. The van der Waals surface area contributed by atoms with Crippen molar-refractivity contribution < 1.29 is 0 Å². The van der Waals surface area contributed by atoms with E-state index < -0.39 is 0 Å². The molecule has 0 aromatic heterocycles. The van der Waals surface area contributed by atoms with Crippen LogP contribution in [0, 0.1) is 6.92 Å². The molecule has 0 amide bonds. The van der Waals surface area contributed by atoms with Gasteiger partial charge in [-0.05, 0) is 36.1 Å². The number of benzene rings is 2. The molecule has 88 valence electrons. The molecule has 2 aromatic carbocycles. The van der Waals surface area contributed by atoms with Gasteiger partial charge < -0.3 is 4.90 Å². The Balaban J connectivity index is 2.34. The van der Waals surface area contributed by atoms with Crippen LogP contribution < -0.4 is 4.90 Å². The van der Waals surface area contributed by atoms with Gasteiger partial charge in [0.1, 0.15) is 0 Å². The molecule has 0 aliphatic carbocycles. The van der Waals surface area contributed by atoms with Gasteiger partial charge in [0.15, 0.2) is 0 Å². The minimum absolute atomic E-state index is 1.00. The van der Waals surface area contributed by atoms with Crippen LogP contribution in [0.4, 0.5) is 5.69 Å². The van der Waals surface area contributed by atoms with Gasteiger partial charge in [-0.2, -0.15) is 0 Å². The number of aryl methyl sites for hydroxylation is 1. The van der Waals surface area contributed by atoms with Crippen LogP contribution in [0.3, 0.4) is 0 Å². The van der Waals surface area contributed by atoms with Crippen molar-refractivity contribution in [3.63, 3.8) is 0 Å². The molecule has 0 bridgehead atoms. The van der Waals surface area contributed by atoms with Crippen molar-refractivity contribution in [1.29, 1.82) is 0 Å². The van der Waals surface area contributed by atoms with E-state index >= 15 is 0 Å². The lowest BCUT2D eigenvalue weighted by Crippen LogP contribution is -2.11. The highest BCUT2D eigenvalue weighted by Gasteiger charge is 2.05. The molecular formula is C16H19N. The van der Waals surface area contributed by atoms with Gasteiger partial charge in [-0.15, -0.1) is 0 Å². The Morgan fingerprint density at radius 2 is 1.41 bits per heavy atom. The second-order valence-electron chi connectivity index (χ2n) is 4.63. The standard InChI is InChI=1S/C16H19N/c1-13-8-4-5-9-14(13)12-15-10-6-7-11-16(15)17(2)3/h4-11H,12H2,1-3H3. The van der Waals surface area contributed by atoms with Gasteiger partial charge in [-0.25, -0.2) is 0 Å². The maximum atomic E-state index is 2.21. The molecule has 0 heterocycles. The molecule has 2 aromatic rings. The predicted octanol–water partition coefficient (Wildman–Crippen LogP) is 3.65. The molecule has 0 atom stereocenters. The average Bonchev–Trinajstić information content (AvgIpc) is 2.32. The van der Waals surface area contributed by atoms with Crippen molar-refractivity contribution in [2.24, 2.45) is 0 Å². The molecule has 0 saturated heterocycles. The zero-order valence-electron chi connectivity index (χ0n) is 10.8.